The number of benzene rings is 2. The van der Waals surface area contributed by atoms with Gasteiger partial charge in [0.15, 0.2) is 0 Å². The lowest BCUT2D eigenvalue weighted by Gasteiger charge is -2.36. The number of carbonyl (C=O) groups excluding carboxylic acids is 1. The van der Waals surface area contributed by atoms with E-state index in [1.165, 1.54) is 44.1 Å². The molecule has 1 amide bonds. The molecule has 2 N–H and O–H groups in total. The molecule has 3 aliphatic rings. The van der Waals surface area contributed by atoms with Gasteiger partial charge in [-0.3, -0.25) is 9.89 Å². The SMILES string of the molecule is CN1[C@@H]2CC[C@H]1C[C@@H](Oc1ccc(-c3n[nH]c4ccc(C(=O)N[C@@H](c5ccsc5)C5CCCC5)cc34)cc1)C2. The lowest BCUT2D eigenvalue weighted by Crippen LogP contribution is -2.43. The lowest BCUT2D eigenvalue weighted by molar-refractivity contribution is 0.0662. The van der Waals surface area contributed by atoms with Gasteiger partial charge in [-0.15, -0.1) is 0 Å². The first-order chi connectivity index (χ1) is 19.1. The highest BCUT2D eigenvalue weighted by Gasteiger charge is 2.39. The fourth-order valence-electron chi connectivity index (χ4n) is 7.16. The number of nitrogens with one attached hydrogen (secondary N) is 2. The molecule has 4 aromatic rings. The van der Waals surface area contributed by atoms with Crippen LogP contribution >= 0.6 is 11.3 Å². The molecule has 2 saturated heterocycles. The minimum absolute atomic E-state index is 0.0250. The maximum atomic E-state index is 13.5. The molecule has 2 aromatic carbocycles. The molecule has 3 fully saturated rings. The summed E-state index contributed by atoms with van der Waals surface area (Å²) in [7, 11) is 2.26. The van der Waals surface area contributed by atoms with E-state index in [-0.39, 0.29) is 11.9 Å². The van der Waals surface area contributed by atoms with Crippen molar-refractivity contribution >= 4 is 28.1 Å². The van der Waals surface area contributed by atoms with Gasteiger partial charge in [0.05, 0.1) is 17.3 Å². The Balaban J connectivity index is 1.08. The standard InChI is InChI=1S/C32H36N4O2S/c1-36-24-9-10-25(36)18-27(17-24)38-26-11-6-21(7-12-26)31-28-16-22(8-13-29(28)34-35-31)32(37)33-30(20-4-2-3-5-20)23-14-15-39-19-23/h6-8,11-16,19-20,24-25,27,30H,2-5,9-10,17-18H2,1H3,(H,33,37)(H,34,35)/t24-,25+,27+,30-/m1/s1. The molecule has 39 heavy (non-hydrogen) atoms. The van der Waals surface area contributed by atoms with Gasteiger partial charge in [0.2, 0.25) is 0 Å². The monoisotopic (exact) mass is 540 g/mol. The second-order valence-corrected chi connectivity index (χ2v) is 12.5. The minimum Gasteiger partial charge on any atom is -0.490 e. The fourth-order valence-corrected chi connectivity index (χ4v) is 7.85. The summed E-state index contributed by atoms with van der Waals surface area (Å²) in [5, 5.41) is 16.4. The number of amides is 1. The van der Waals surface area contributed by atoms with E-state index in [0.29, 0.717) is 29.7 Å². The van der Waals surface area contributed by atoms with Crippen LogP contribution in [0.15, 0.2) is 59.3 Å². The van der Waals surface area contributed by atoms with Gasteiger partial charge in [-0.1, -0.05) is 12.8 Å². The highest BCUT2D eigenvalue weighted by atomic mass is 32.1. The van der Waals surface area contributed by atoms with Crippen molar-refractivity contribution in [3.05, 3.63) is 70.4 Å². The highest BCUT2D eigenvalue weighted by molar-refractivity contribution is 7.08. The van der Waals surface area contributed by atoms with E-state index in [2.05, 4.69) is 68.6 Å². The number of hydrogen-bond acceptors (Lipinski definition) is 5. The van der Waals surface area contributed by atoms with Crippen molar-refractivity contribution in [1.29, 1.82) is 0 Å². The smallest absolute Gasteiger partial charge is 0.251 e. The number of aromatic nitrogens is 2. The van der Waals surface area contributed by atoms with Crippen LogP contribution in [0.2, 0.25) is 0 Å². The summed E-state index contributed by atoms with van der Waals surface area (Å²) < 4.78 is 6.40. The van der Waals surface area contributed by atoms with E-state index in [9.17, 15) is 4.79 Å². The second kappa shape index (κ2) is 10.4. The normalized spacial score (nSPS) is 24.3. The number of H-pyrrole nitrogens is 1. The molecule has 0 unspecified atom stereocenters. The highest BCUT2D eigenvalue weighted by Crippen LogP contribution is 2.38. The number of thiophene rings is 1. The molecule has 0 radical (unpaired) electrons. The zero-order chi connectivity index (χ0) is 26.3. The average molecular weight is 541 g/mol. The number of nitrogens with zero attached hydrogens (tertiary/aromatic N) is 2. The Bertz CT molecular complexity index is 1430. The van der Waals surface area contributed by atoms with E-state index in [1.807, 2.05) is 18.2 Å². The summed E-state index contributed by atoms with van der Waals surface area (Å²) in [5.41, 5.74) is 4.68. The number of aromatic amines is 1. The van der Waals surface area contributed by atoms with Gasteiger partial charge in [0.25, 0.3) is 5.91 Å². The second-order valence-electron chi connectivity index (χ2n) is 11.7. The van der Waals surface area contributed by atoms with E-state index in [1.54, 1.807) is 11.3 Å². The number of piperidine rings is 1. The molecule has 7 heteroatoms. The molecular formula is C32H36N4O2S. The van der Waals surface area contributed by atoms with Crippen LogP contribution in [-0.4, -0.2) is 46.2 Å². The van der Waals surface area contributed by atoms with Gasteiger partial charge in [-0.05, 0) is 116 Å². The van der Waals surface area contributed by atoms with Crippen molar-refractivity contribution in [3.8, 4) is 17.0 Å². The lowest BCUT2D eigenvalue weighted by atomic mass is 9.93. The first-order valence-corrected chi connectivity index (χ1v) is 15.4. The number of carbonyl (C=O) groups is 1. The number of ether oxygens (including phenoxy) is 1. The molecule has 0 spiro atoms. The Morgan fingerprint density at radius 1 is 1.05 bits per heavy atom. The number of fused-ring (bicyclic) bond motifs is 3. The summed E-state index contributed by atoms with van der Waals surface area (Å²) in [5.74, 6) is 1.39. The van der Waals surface area contributed by atoms with Crippen molar-refractivity contribution in [2.45, 2.75) is 75.6 Å². The van der Waals surface area contributed by atoms with Crippen LogP contribution in [0.5, 0.6) is 5.75 Å². The van der Waals surface area contributed by atoms with Crippen LogP contribution in [0.1, 0.15) is 73.3 Å². The van der Waals surface area contributed by atoms with Crippen LogP contribution in [0, 0.1) is 5.92 Å². The van der Waals surface area contributed by atoms with Gasteiger partial charge < -0.3 is 15.0 Å². The molecule has 2 bridgehead atoms. The Morgan fingerprint density at radius 2 is 1.82 bits per heavy atom. The summed E-state index contributed by atoms with van der Waals surface area (Å²) in [6.45, 7) is 0. The van der Waals surface area contributed by atoms with Crippen molar-refractivity contribution in [2.75, 3.05) is 7.05 Å². The molecule has 6 nitrogen and oxygen atoms in total. The van der Waals surface area contributed by atoms with E-state index >= 15 is 0 Å². The van der Waals surface area contributed by atoms with Crippen molar-refractivity contribution in [2.24, 2.45) is 5.92 Å². The summed E-state index contributed by atoms with van der Waals surface area (Å²) in [4.78, 5) is 16.0. The molecule has 202 valence electrons. The molecular weight excluding hydrogens is 504 g/mol. The Morgan fingerprint density at radius 3 is 2.54 bits per heavy atom. The van der Waals surface area contributed by atoms with Crippen LogP contribution in [0.25, 0.3) is 22.2 Å². The van der Waals surface area contributed by atoms with Crippen LogP contribution in [-0.2, 0) is 0 Å². The molecule has 1 saturated carbocycles. The van der Waals surface area contributed by atoms with Gasteiger partial charge >= 0.3 is 0 Å². The fraction of sp³-hybridized carbons (Fsp3) is 0.438. The predicted octanol–water partition coefficient (Wildman–Crippen LogP) is 6.96. The zero-order valence-corrected chi connectivity index (χ0v) is 23.3. The maximum Gasteiger partial charge on any atom is 0.251 e. The van der Waals surface area contributed by atoms with Crippen LogP contribution < -0.4 is 10.1 Å². The van der Waals surface area contributed by atoms with E-state index < -0.39 is 0 Å². The van der Waals surface area contributed by atoms with Crippen LogP contribution in [0.3, 0.4) is 0 Å². The summed E-state index contributed by atoms with van der Waals surface area (Å²) >= 11 is 1.69. The molecule has 7 rings (SSSR count). The zero-order valence-electron chi connectivity index (χ0n) is 22.4. The van der Waals surface area contributed by atoms with Crippen molar-refractivity contribution in [1.82, 2.24) is 20.4 Å². The number of rotatable bonds is 7. The molecule has 2 aromatic heterocycles. The predicted molar refractivity (Wildman–Crippen MR) is 156 cm³/mol. The van der Waals surface area contributed by atoms with E-state index in [0.717, 1.165) is 40.8 Å². The molecule has 1 aliphatic carbocycles. The van der Waals surface area contributed by atoms with Gasteiger partial charge in [0.1, 0.15) is 11.9 Å². The molecule has 4 atom stereocenters. The third kappa shape index (κ3) is 4.87. The Labute approximate surface area is 233 Å². The van der Waals surface area contributed by atoms with E-state index in [4.69, 9.17) is 4.74 Å². The third-order valence-corrected chi connectivity index (χ3v) is 10.1. The third-order valence-electron chi connectivity index (χ3n) is 9.37. The quantitative estimate of drug-likeness (QED) is 0.266. The molecule has 2 aliphatic heterocycles. The van der Waals surface area contributed by atoms with Crippen molar-refractivity contribution in [3.63, 3.8) is 0 Å². The van der Waals surface area contributed by atoms with Crippen molar-refractivity contribution < 1.29 is 9.53 Å². The summed E-state index contributed by atoms with van der Waals surface area (Å²) in [6.07, 6.45) is 9.93. The Hall–Kier alpha value is -3.16. The Kier molecular flexibility index (Phi) is 6.65. The largest absolute Gasteiger partial charge is 0.490 e. The molecule has 4 heterocycles. The number of hydrogen-bond donors (Lipinski definition) is 2. The average Bonchev–Trinajstić information content (AvgIpc) is 3.76. The van der Waals surface area contributed by atoms with Gasteiger partial charge in [-0.25, -0.2) is 0 Å². The van der Waals surface area contributed by atoms with Gasteiger partial charge in [0, 0.05) is 28.6 Å². The van der Waals surface area contributed by atoms with Crippen LogP contribution in [0.4, 0.5) is 0 Å². The maximum absolute atomic E-state index is 13.5. The summed E-state index contributed by atoms with van der Waals surface area (Å²) in [6, 6.07) is 17.6. The van der Waals surface area contributed by atoms with Gasteiger partial charge in [-0.2, -0.15) is 16.4 Å². The topological polar surface area (TPSA) is 70.2 Å². The first-order valence-electron chi connectivity index (χ1n) is 14.4. The first kappa shape index (κ1) is 24.9. The minimum atomic E-state index is -0.0250.